The summed E-state index contributed by atoms with van der Waals surface area (Å²) in [6.07, 6.45) is -12.7. The van der Waals surface area contributed by atoms with Gasteiger partial charge >= 0.3 is 83.5 Å². The number of carbonyl (C=O) groups excluding carboxylic acids is 6. The molecule has 0 bridgehead atoms. The average Bonchev–Trinajstić information content (AvgIpc) is 2.10. The molecule has 2 radical (unpaired) electrons. The molecule has 0 atom stereocenters. The second-order valence-corrected chi connectivity index (χ2v) is 1.81. The molecule has 122 valence electrons. The van der Waals surface area contributed by atoms with Crippen LogP contribution in [0.4, 0.5) is 28.8 Å². The van der Waals surface area contributed by atoms with E-state index in [0.717, 1.165) is 0 Å². The van der Waals surface area contributed by atoms with Crippen molar-refractivity contribution < 1.29 is 157 Å². The summed E-state index contributed by atoms with van der Waals surface area (Å²) in [5.41, 5.74) is 0. The minimum absolute atomic E-state index is 0. The third kappa shape index (κ3) is 62.7. The second kappa shape index (κ2) is 21.0. The Bertz CT molecular complexity index is 318. The number of carbonyl (C=O) groups is 6. The number of carboxylic acid groups (broad SMARTS) is 6. The van der Waals surface area contributed by atoms with E-state index in [1.807, 2.05) is 0 Å². The van der Waals surface area contributed by atoms with Crippen molar-refractivity contribution in [1.82, 2.24) is 0 Å². The summed E-state index contributed by atoms with van der Waals surface area (Å²) in [7, 11) is 0. The molecule has 15 nitrogen and oxygen atoms in total. The van der Waals surface area contributed by atoms with Gasteiger partial charge in [-0.2, -0.15) is 0 Å². The molecular weight excluding hydrogens is 592 g/mol. The Hall–Kier alpha value is -1.03. The summed E-state index contributed by atoms with van der Waals surface area (Å²) in [6, 6.07) is 0. The maximum absolute atomic E-state index is 9.06. The maximum Gasteiger partial charge on any atom is 3.00 e. The molecule has 23 heavy (non-hydrogen) atoms. The molecule has 0 rings (SSSR count). The predicted octanol–water partition coefficient (Wildman–Crippen LogP) is -6.93. The molecule has 17 heteroatoms. The van der Waals surface area contributed by atoms with Gasteiger partial charge in [-0.15, -0.1) is 0 Å². The first-order valence-corrected chi connectivity index (χ1v) is 3.67. The number of hydrogen-bond donors (Lipinski definition) is 0. The van der Waals surface area contributed by atoms with Gasteiger partial charge in [-0.05, 0) is 0 Å². The third-order valence-corrected chi connectivity index (χ3v) is 0.500. The number of rotatable bonds is 0. The van der Waals surface area contributed by atoms with Crippen LogP contribution in [0.1, 0.15) is 0 Å². The topological polar surface area (TPSA) is 268 Å². The molecule has 0 amide bonds. The van der Waals surface area contributed by atoms with E-state index in [1.54, 1.807) is 0 Å². The van der Waals surface area contributed by atoms with Crippen LogP contribution in [0.2, 0.25) is 0 Å². The Kier molecular flexibility index (Phi) is 30.6. The molecule has 0 saturated carbocycles. The zero-order chi connectivity index (χ0) is 17.6. The van der Waals surface area contributed by atoms with Crippen LogP contribution in [0.5, 0.6) is 0 Å². The Morgan fingerprint density at radius 1 is 0.391 bits per heavy atom. The molecule has 0 saturated heterocycles. The van der Waals surface area contributed by atoms with E-state index in [9.17, 15) is 0 Å². The second-order valence-electron chi connectivity index (χ2n) is 1.81. The average molecular weight is 592 g/mol. The summed E-state index contributed by atoms with van der Waals surface area (Å²) in [5, 5.41) is 54.3. The maximum atomic E-state index is 9.06. The van der Waals surface area contributed by atoms with E-state index in [2.05, 4.69) is 14.2 Å². The quantitative estimate of drug-likeness (QED) is 0.144. The summed E-state index contributed by atoms with van der Waals surface area (Å²) in [4.78, 5) is 54.3. The van der Waals surface area contributed by atoms with E-state index in [-0.39, 0.29) is 83.5 Å². The van der Waals surface area contributed by atoms with Crippen molar-refractivity contribution in [3.8, 4) is 0 Å². The zero-order valence-electron chi connectivity index (χ0n) is 10.1. The molecule has 0 spiro atoms. The fourth-order valence-corrected chi connectivity index (χ4v) is 0.204. The Labute approximate surface area is 191 Å². The van der Waals surface area contributed by atoms with E-state index in [0.29, 0.717) is 0 Å². The molecular formula is C6Ce2O15. The summed E-state index contributed by atoms with van der Waals surface area (Å²) in [5.74, 6) is 0. The Balaban J connectivity index is -0.0000000675. The van der Waals surface area contributed by atoms with Gasteiger partial charge in [0.1, 0.15) is 0 Å². The van der Waals surface area contributed by atoms with Gasteiger partial charge in [0.2, 0.25) is 0 Å². The van der Waals surface area contributed by atoms with Gasteiger partial charge in [-0.25, -0.2) is 0 Å². The normalized spacial score (nSPS) is 6.78. The number of hydrogen-bond acceptors (Lipinski definition) is 15. The molecule has 0 unspecified atom stereocenters. The minimum Gasteiger partial charge on any atom is -0.483 e. The van der Waals surface area contributed by atoms with Gasteiger partial charge in [0.25, 0.3) is 36.9 Å². The van der Waals surface area contributed by atoms with Crippen molar-refractivity contribution in [2.75, 3.05) is 0 Å². The molecule has 0 N–H and O–H groups in total. The van der Waals surface area contributed by atoms with Crippen LogP contribution in [-0.2, 0) is 14.2 Å². The van der Waals surface area contributed by atoms with Crippen LogP contribution in [-0.4, -0.2) is 36.9 Å². The molecule has 0 fully saturated rings. The van der Waals surface area contributed by atoms with Crippen molar-refractivity contribution in [1.29, 1.82) is 0 Å². The molecule has 0 aromatic carbocycles. The van der Waals surface area contributed by atoms with E-state index < -0.39 is 36.9 Å². The summed E-state index contributed by atoms with van der Waals surface area (Å²) in [6.45, 7) is 0. The first kappa shape index (κ1) is 33.6. The third-order valence-electron chi connectivity index (χ3n) is 0.500. The smallest absolute Gasteiger partial charge is 0.483 e. The van der Waals surface area contributed by atoms with Crippen LogP contribution in [0, 0.1) is 83.5 Å². The van der Waals surface area contributed by atoms with Crippen LogP contribution in [0.3, 0.4) is 0 Å². The van der Waals surface area contributed by atoms with Gasteiger partial charge in [-0.3, -0.25) is 0 Å². The standard InChI is InChI=1S/3C2H2O5.2Ce/c3*3-1(4)7-2(5)6;;/h3*(H,3,4)(H,5,6);;/q;;;2*+3/p-6. The van der Waals surface area contributed by atoms with E-state index in [1.165, 1.54) is 0 Å². The van der Waals surface area contributed by atoms with Gasteiger partial charge in [0.05, 0.1) is 0 Å². The van der Waals surface area contributed by atoms with Gasteiger partial charge < -0.3 is 73.6 Å². The fraction of sp³-hybridized carbons (Fsp3) is 0. The van der Waals surface area contributed by atoms with Crippen LogP contribution >= 0.6 is 0 Å². The van der Waals surface area contributed by atoms with Gasteiger partial charge in [0, 0.05) is 0 Å². The number of ether oxygens (including phenoxy) is 3. The van der Waals surface area contributed by atoms with Crippen molar-refractivity contribution in [2.24, 2.45) is 0 Å². The van der Waals surface area contributed by atoms with Crippen molar-refractivity contribution >= 4 is 36.9 Å². The van der Waals surface area contributed by atoms with E-state index in [4.69, 9.17) is 59.4 Å². The molecule has 0 aliphatic rings. The van der Waals surface area contributed by atoms with E-state index >= 15 is 0 Å². The molecule has 0 heterocycles. The van der Waals surface area contributed by atoms with Crippen LogP contribution in [0.15, 0.2) is 0 Å². The Morgan fingerprint density at radius 3 is 0.478 bits per heavy atom. The summed E-state index contributed by atoms with van der Waals surface area (Å²) >= 11 is 0. The minimum atomic E-state index is -2.12. The fourth-order valence-electron chi connectivity index (χ4n) is 0.204. The molecule has 0 aromatic rings. The molecule has 0 aromatic heterocycles. The summed E-state index contributed by atoms with van der Waals surface area (Å²) < 4.78 is 8.58. The SMILES string of the molecule is O=C([O-])OC(=O)[O-].O=C([O-])OC(=O)[O-].O=C([O-])OC(=O)[O-].[Ce+3].[Ce+3]. The van der Waals surface area contributed by atoms with Gasteiger partial charge in [0.15, 0.2) is 0 Å². The largest absolute Gasteiger partial charge is 3.00 e. The predicted molar refractivity (Wildman–Crippen MR) is 35.6 cm³/mol. The van der Waals surface area contributed by atoms with Crippen LogP contribution in [0.25, 0.3) is 0 Å². The van der Waals surface area contributed by atoms with Crippen molar-refractivity contribution in [2.45, 2.75) is 0 Å². The van der Waals surface area contributed by atoms with Crippen molar-refractivity contribution in [3.05, 3.63) is 0 Å². The first-order valence-electron chi connectivity index (χ1n) is 3.67. The first-order chi connectivity index (χ1) is 9.38. The van der Waals surface area contributed by atoms with Gasteiger partial charge in [-0.1, -0.05) is 0 Å². The molecule has 0 aliphatic carbocycles. The monoisotopic (exact) mass is 592 g/mol. The zero-order valence-corrected chi connectivity index (χ0v) is 16.4. The molecule has 0 aliphatic heterocycles. The Morgan fingerprint density at radius 2 is 0.478 bits per heavy atom. The van der Waals surface area contributed by atoms with Crippen molar-refractivity contribution in [3.63, 3.8) is 0 Å². The van der Waals surface area contributed by atoms with Crippen LogP contribution < -0.4 is 30.6 Å².